The lowest BCUT2D eigenvalue weighted by Crippen LogP contribution is -2.27. The molecular weight excluding hydrogens is 176 g/mol. The first-order valence-electron chi connectivity index (χ1n) is 5.34. The molecule has 4 heteroatoms. The fraction of sp³-hybridized carbons (Fsp3) is 0.800. The SMILES string of the molecule is Cn1ncnc1CC1CCC(N)CC1. The van der Waals surface area contributed by atoms with Gasteiger partial charge in [-0.2, -0.15) is 5.10 Å². The predicted molar refractivity (Wildman–Crippen MR) is 54.6 cm³/mol. The molecule has 14 heavy (non-hydrogen) atoms. The van der Waals surface area contributed by atoms with Gasteiger partial charge in [-0.15, -0.1) is 0 Å². The van der Waals surface area contributed by atoms with Crippen LogP contribution in [0.15, 0.2) is 6.33 Å². The number of nitrogens with zero attached hydrogens (tertiary/aromatic N) is 3. The van der Waals surface area contributed by atoms with E-state index >= 15 is 0 Å². The summed E-state index contributed by atoms with van der Waals surface area (Å²) < 4.78 is 1.87. The maximum Gasteiger partial charge on any atom is 0.138 e. The third-order valence-corrected chi connectivity index (χ3v) is 3.17. The molecule has 0 aliphatic heterocycles. The van der Waals surface area contributed by atoms with Gasteiger partial charge < -0.3 is 5.73 Å². The molecule has 0 atom stereocenters. The van der Waals surface area contributed by atoms with Gasteiger partial charge in [0.25, 0.3) is 0 Å². The minimum atomic E-state index is 0.436. The summed E-state index contributed by atoms with van der Waals surface area (Å²) in [7, 11) is 1.96. The third-order valence-electron chi connectivity index (χ3n) is 3.17. The molecule has 4 nitrogen and oxygen atoms in total. The zero-order chi connectivity index (χ0) is 9.97. The topological polar surface area (TPSA) is 56.7 Å². The molecular formula is C10H18N4. The second kappa shape index (κ2) is 4.09. The number of nitrogens with two attached hydrogens (primary N) is 1. The fourth-order valence-electron chi connectivity index (χ4n) is 2.16. The van der Waals surface area contributed by atoms with Crippen molar-refractivity contribution in [2.24, 2.45) is 18.7 Å². The van der Waals surface area contributed by atoms with Crippen molar-refractivity contribution in [3.05, 3.63) is 12.2 Å². The molecule has 0 aromatic carbocycles. The molecule has 0 unspecified atom stereocenters. The zero-order valence-electron chi connectivity index (χ0n) is 8.69. The van der Waals surface area contributed by atoms with Crippen LogP contribution in [0.25, 0.3) is 0 Å². The number of hydrogen-bond donors (Lipinski definition) is 1. The Morgan fingerprint density at radius 1 is 1.43 bits per heavy atom. The molecule has 78 valence electrons. The summed E-state index contributed by atoms with van der Waals surface area (Å²) >= 11 is 0. The summed E-state index contributed by atoms with van der Waals surface area (Å²) in [6.07, 6.45) is 7.51. The highest BCUT2D eigenvalue weighted by molar-refractivity contribution is 4.88. The molecule has 1 aromatic rings. The van der Waals surface area contributed by atoms with Crippen molar-refractivity contribution in [1.82, 2.24) is 14.8 Å². The minimum absolute atomic E-state index is 0.436. The molecule has 0 spiro atoms. The van der Waals surface area contributed by atoms with Crippen molar-refractivity contribution in [2.75, 3.05) is 0 Å². The summed E-state index contributed by atoms with van der Waals surface area (Å²) in [6.45, 7) is 0. The van der Waals surface area contributed by atoms with Crippen molar-refractivity contribution in [1.29, 1.82) is 0 Å². The van der Waals surface area contributed by atoms with Crippen molar-refractivity contribution in [2.45, 2.75) is 38.1 Å². The molecule has 0 amide bonds. The summed E-state index contributed by atoms with van der Waals surface area (Å²) in [5.41, 5.74) is 5.87. The van der Waals surface area contributed by atoms with Gasteiger partial charge in [0.15, 0.2) is 0 Å². The fourth-order valence-corrected chi connectivity index (χ4v) is 2.16. The second-order valence-electron chi connectivity index (χ2n) is 4.28. The lowest BCUT2D eigenvalue weighted by atomic mass is 9.84. The molecule has 2 N–H and O–H groups in total. The lowest BCUT2D eigenvalue weighted by molar-refractivity contribution is 0.318. The second-order valence-corrected chi connectivity index (χ2v) is 4.28. The molecule has 1 heterocycles. The Morgan fingerprint density at radius 3 is 2.71 bits per heavy atom. The average molecular weight is 194 g/mol. The van der Waals surface area contributed by atoms with Crippen molar-refractivity contribution in [3.63, 3.8) is 0 Å². The van der Waals surface area contributed by atoms with E-state index in [1.54, 1.807) is 6.33 Å². The first-order chi connectivity index (χ1) is 6.75. The van der Waals surface area contributed by atoms with Gasteiger partial charge >= 0.3 is 0 Å². The van der Waals surface area contributed by atoms with E-state index in [9.17, 15) is 0 Å². The Balaban J connectivity index is 1.89. The van der Waals surface area contributed by atoms with Crippen LogP contribution in [0, 0.1) is 5.92 Å². The molecule has 1 saturated carbocycles. The van der Waals surface area contributed by atoms with Gasteiger partial charge in [0.1, 0.15) is 12.2 Å². The third kappa shape index (κ3) is 2.12. The minimum Gasteiger partial charge on any atom is -0.328 e. The van der Waals surface area contributed by atoms with Crippen LogP contribution < -0.4 is 5.73 Å². The van der Waals surface area contributed by atoms with E-state index in [1.165, 1.54) is 25.7 Å². The van der Waals surface area contributed by atoms with E-state index in [2.05, 4.69) is 10.1 Å². The Labute approximate surface area is 84.5 Å². The zero-order valence-corrected chi connectivity index (χ0v) is 8.69. The number of aromatic nitrogens is 3. The van der Waals surface area contributed by atoms with Crippen LogP contribution >= 0.6 is 0 Å². The van der Waals surface area contributed by atoms with Crippen LogP contribution in [-0.4, -0.2) is 20.8 Å². The van der Waals surface area contributed by atoms with Gasteiger partial charge in [-0.25, -0.2) is 4.98 Å². The molecule has 1 aliphatic carbocycles. The van der Waals surface area contributed by atoms with E-state index in [1.807, 2.05) is 11.7 Å². The van der Waals surface area contributed by atoms with Gasteiger partial charge in [0.2, 0.25) is 0 Å². The van der Waals surface area contributed by atoms with Crippen LogP contribution in [0.2, 0.25) is 0 Å². The quantitative estimate of drug-likeness (QED) is 0.760. The standard InChI is InChI=1S/C10H18N4/c1-14-10(12-7-13-14)6-8-2-4-9(11)5-3-8/h7-9H,2-6,11H2,1H3. The average Bonchev–Trinajstić information content (AvgIpc) is 2.56. The molecule has 1 aromatic heterocycles. The lowest BCUT2D eigenvalue weighted by Gasteiger charge is -2.25. The van der Waals surface area contributed by atoms with Gasteiger partial charge in [0, 0.05) is 19.5 Å². The molecule has 2 rings (SSSR count). The highest BCUT2D eigenvalue weighted by Gasteiger charge is 2.20. The number of aryl methyl sites for hydroxylation is 1. The van der Waals surface area contributed by atoms with E-state index in [0.717, 1.165) is 18.2 Å². The Hall–Kier alpha value is -0.900. The Bertz CT molecular complexity index is 286. The molecule has 0 bridgehead atoms. The number of rotatable bonds is 2. The summed E-state index contributed by atoms with van der Waals surface area (Å²) in [5, 5.41) is 4.08. The highest BCUT2D eigenvalue weighted by Crippen LogP contribution is 2.25. The highest BCUT2D eigenvalue weighted by atomic mass is 15.3. The van der Waals surface area contributed by atoms with E-state index in [-0.39, 0.29) is 0 Å². The predicted octanol–water partition coefficient (Wildman–Crippen LogP) is 0.875. The van der Waals surface area contributed by atoms with E-state index in [0.29, 0.717) is 6.04 Å². The Kier molecular flexibility index (Phi) is 2.82. The molecule has 1 aliphatic rings. The van der Waals surface area contributed by atoms with Crippen LogP contribution in [0.5, 0.6) is 0 Å². The number of hydrogen-bond acceptors (Lipinski definition) is 3. The van der Waals surface area contributed by atoms with Crippen LogP contribution in [0.3, 0.4) is 0 Å². The van der Waals surface area contributed by atoms with Crippen LogP contribution in [0.4, 0.5) is 0 Å². The summed E-state index contributed by atoms with van der Waals surface area (Å²) in [6, 6.07) is 0.436. The van der Waals surface area contributed by atoms with E-state index < -0.39 is 0 Å². The van der Waals surface area contributed by atoms with Crippen LogP contribution in [0.1, 0.15) is 31.5 Å². The smallest absolute Gasteiger partial charge is 0.138 e. The largest absolute Gasteiger partial charge is 0.328 e. The normalized spacial score (nSPS) is 27.9. The van der Waals surface area contributed by atoms with Gasteiger partial charge in [0.05, 0.1) is 0 Å². The summed E-state index contributed by atoms with van der Waals surface area (Å²) in [4.78, 5) is 4.25. The molecule has 0 saturated heterocycles. The monoisotopic (exact) mass is 194 g/mol. The summed E-state index contributed by atoms with van der Waals surface area (Å²) in [5.74, 6) is 1.86. The van der Waals surface area contributed by atoms with Crippen molar-refractivity contribution >= 4 is 0 Å². The molecule has 1 fully saturated rings. The van der Waals surface area contributed by atoms with Gasteiger partial charge in [-0.1, -0.05) is 0 Å². The van der Waals surface area contributed by atoms with Gasteiger partial charge in [-0.3, -0.25) is 4.68 Å². The first-order valence-corrected chi connectivity index (χ1v) is 5.34. The van der Waals surface area contributed by atoms with Gasteiger partial charge in [-0.05, 0) is 31.6 Å². The van der Waals surface area contributed by atoms with E-state index in [4.69, 9.17) is 5.73 Å². The van der Waals surface area contributed by atoms with Crippen molar-refractivity contribution < 1.29 is 0 Å². The Morgan fingerprint density at radius 2 is 2.14 bits per heavy atom. The van der Waals surface area contributed by atoms with Crippen LogP contribution in [-0.2, 0) is 13.5 Å². The maximum absolute atomic E-state index is 5.87. The molecule has 0 radical (unpaired) electrons. The first kappa shape index (κ1) is 9.65. The van der Waals surface area contributed by atoms with Crippen molar-refractivity contribution in [3.8, 4) is 0 Å². The maximum atomic E-state index is 5.87.